The molecule has 56 valence electrons. The fourth-order valence-corrected chi connectivity index (χ4v) is 1.10. The molecule has 1 aliphatic rings. The van der Waals surface area contributed by atoms with Gasteiger partial charge < -0.3 is 5.32 Å². The maximum atomic E-state index is 3.36. The predicted molar refractivity (Wildman–Crippen MR) is 44.8 cm³/mol. The first-order valence-electron chi connectivity index (χ1n) is 3.92. The molecule has 1 rings (SSSR count). The fourth-order valence-electron chi connectivity index (χ4n) is 1.10. The highest BCUT2D eigenvalue weighted by atomic mass is 14.9. The molecule has 0 aromatic rings. The average Bonchev–Trinajstić information content (AvgIpc) is 2.05. The van der Waals surface area contributed by atoms with E-state index in [0.717, 1.165) is 6.54 Å². The third-order valence-corrected chi connectivity index (χ3v) is 1.90. The van der Waals surface area contributed by atoms with E-state index in [4.69, 9.17) is 0 Å². The van der Waals surface area contributed by atoms with Gasteiger partial charge in [0.05, 0.1) is 0 Å². The third kappa shape index (κ3) is 1.63. The van der Waals surface area contributed by atoms with Crippen molar-refractivity contribution in [2.75, 3.05) is 6.54 Å². The molecule has 0 atom stereocenters. The Hall–Kier alpha value is -0.720. The Labute approximate surface area is 62.8 Å². The van der Waals surface area contributed by atoms with Crippen LogP contribution in [-0.4, -0.2) is 6.54 Å². The molecule has 0 fully saturated rings. The van der Waals surface area contributed by atoms with Gasteiger partial charge in [-0.2, -0.15) is 0 Å². The van der Waals surface area contributed by atoms with E-state index in [9.17, 15) is 0 Å². The lowest BCUT2D eigenvalue weighted by atomic mass is 10.1. The first kappa shape index (κ1) is 7.39. The lowest BCUT2D eigenvalue weighted by molar-refractivity contribution is 0.695. The van der Waals surface area contributed by atoms with Crippen LogP contribution >= 0.6 is 0 Å². The van der Waals surface area contributed by atoms with E-state index in [1.165, 1.54) is 24.1 Å². The van der Waals surface area contributed by atoms with E-state index in [0.29, 0.717) is 0 Å². The van der Waals surface area contributed by atoms with Crippen molar-refractivity contribution in [3.63, 3.8) is 0 Å². The zero-order chi connectivity index (χ0) is 7.40. The van der Waals surface area contributed by atoms with Crippen molar-refractivity contribution in [3.05, 3.63) is 23.4 Å². The lowest BCUT2D eigenvalue weighted by Gasteiger charge is -2.15. The van der Waals surface area contributed by atoms with E-state index < -0.39 is 0 Å². The third-order valence-electron chi connectivity index (χ3n) is 1.90. The molecule has 0 aromatic carbocycles. The molecule has 1 nitrogen and oxygen atoms in total. The molecule has 1 aliphatic heterocycles. The van der Waals surface area contributed by atoms with Crippen molar-refractivity contribution in [2.24, 2.45) is 0 Å². The Morgan fingerprint density at radius 1 is 1.70 bits per heavy atom. The summed E-state index contributed by atoms with van der Waals surface area (Å²) in [5.74, 6) is 0. The highest BCUT2D eigenvalue weighted by Gasteiger charge is 2.01. The zero-order valence-corrected chi connectivity index (χ0v) is 6.78. The van der Waals surface area contributed by atoms with Crippen molar-refractivity contribution < 1.29 is 0 Å². The van der Waals surface area contributed by atoms with E-state index >= 15 is 0 Å². The van der Waals surface area contributed by atoms with Crippen molar-refractivity contribution in [3.8, 4) is 0 Å². The van der Waals surface area contributed by atoms with E-state index in [-0.39, 0.29) is 0 Å². The van der Waals surface area contributed by atoms with Gasteiger partial charge in [0.25, 0.3) is 0 Å². The van der Waals surface area contributed by atoms with Crippen LogP contribution in [0.1, 0.15) is 26.7 Å². The summed E-state index contributed by atoms with van der Waals surface area (Å²) in [5.41, 5.74) is 2.69. The van der Waals surface area contributed by atoms with Crippen LogP contribution in [0.5, 0.6) is 0 Å². The summed E-state index contributed by atoms with van der Waals surface area (Å²) >= 11 is 0. The summed E-state index contributed by atoms with van der Waals surface area (Å²) in [6.07, 6.45) is 6.93. The van der Waals surface area contributed by atoms with Crippen LogP contribution in [0.3, 0.4) is 0 Å². The maximum absolute atomic E-state index is 3.36. The van der Waals surface area contributed by atoms with Gasteiger partial charge >= 0.3 is 0 Å². The molecule has 10 heavy (non-hydrogen) atoms. The van der Waals surface area contributed by atoms with Crippen LogP contribution in [-0.2, 0) is 0 Å². The maximum Gasteiger partial charge on any atom is 0.0326 e. The summed E-state index contributed by atoms with van der Waals surface area (Å²) in [6, 6.07) is 0. The van der Waals surface area contributed by atoms with Gasteiger partial charge in [-0.15, -0.1) is 0 Å². The van der Waals surface area contributed by atoms with Gasteiger partial charge in [-0.25, -0.2) is 0 Å². The largest absolute Gasteiger partial charge is 0.385 e. The molecule has 0 aromatic heterocycles. The van der Waals surface area contributed by atoms with Crippen LogP contribution < -0.4 is 5.32 Å². The predicted octanol–water partition coefficient (Wildman–Crippen LogP) is 2.22. The smallest absolute Gasteiger partial charge is 0.0326 e. The summed E-state index contributed by atoms with van der Waals surface area (Å²) in [7, 11) is 0. The number of hydrogen-bond acceptors (Lipinski definition) is 1. The number of allylic oxidation sites excluding steroid dienone is 3. The molecule has 0 bridgehead atoms. The molecular weight excluding hydrogens is 122 g/mol. The van der Waals surface area contributed by atoms with Crippen LogP contribution in [0.4, 0.5) is 0 Å². The molecule has 0 radical (unpaired) electrons. The highest BCUT2D eigenvalue weighted by molar-refractivity contribution is 5.27. The van der Waals surface area contributed by atoms with Gasteiger partial charge in [-0.1, -0.05) is 12.2 Å². The van der Waals surface area contributed by atoms with Crippen LogP contribution in [0.15, 0.2) is 23.4 Å². The van der Waals surface area contributed by atoms with Gasteiger partial charge in [0.2, 0.25) is 0 Å². The van der Waals surface area contributed by atoms with Gasteiger partial charge in [-0.3, -0.25) is 0 Å². The Balaban J connectivity index is 2.62. The Kier molecular flexibility index (Phi) is 2.55. The second-order valence-electron chi connectivity index (χ2n) is 2.66. The standard InChI is InChI=1S/C9H15N/c1-3-8(2)9-6-4-5-7-10-9/h3,6,10H,4-5,7H2,1-2H3/b8-3+. The molecular formula is C9H15N. The average molecular weight is 137 g/mol. The molecule has 0 unspecified atom stereocenters. The van der Waals surface area contributed by atoms with Crippen LogP contribution in [0.2, 0.25) is 0 Å². The van der Waals surface area contributed by atoms with E-state index in [1.54, 1.807) is 0 Å². The molecule has 0 amide bonds. The van der Waals surface area contributed by atoms with Gasteiger partial charge in [0.15, 0.2) is 0 Å². The second kappa shape index (κ2) is 3.45. The zero-order valence-electron chi connectivity index (χ0n) is 6.78. The minimum atomic E-state index is 1.14. The molecule has 1 N–H and O–H groups in total. The Bertz CT molecular complexity index is 166. The van der Waals surface area contributed by atoms with Gasteiger partial charge in [0, 0.05) is 12.2 Å². The normalized spacial score (nSPS) is 19.8. The summed E-state index contributed by atoms with van der Waals surface area (Å²) in [6.45, 7) is 5.35. The molecule has 0 aliphatic carbocycles. The quantitative estimate of drug-likeness (QED) is 0.584. The molecule has 1 heterocycles. The number of nitrogens with one attached hydrogen (secondary N) is 1. The van der Waals surface area contributed by atoms with Gasteiger partial charge in [0.1, 0.15) is 0 Å². The summed E-state index contributed by atoms with van der Waals surface area (Å²) < 4.78 is 0. The molecule has 0 saturated heterocycles. The number of rotatable bonds is 1. The van der Waals surface area contributed by atoms with E-state index in [2.05, 4.69) is 31.3 Å². The van der Waals surface area contributed by atoms with Crippen molar-refractivity contribution >= 4 is 0 Å². The monoisotopic (exact) mass is 137 g/mol. The number of hydrogen-bond donors (Lipinski definition) is 1. The lowest BCUT2D eigenvalue weighted by Crippen LogP contribution is -2.18. The molecule has 0 spiro atoms. The Morgan fingerprint density at radius 2 is 2.50 bits per heavy atom. The molecule has 0 saturated carbocycles. The van der Waals surface area contributed by atoms with Crippen LogP contribution in [0.25, 0.3) is 0 Å². The van der Waals surface area contributed by atoms with Gasteiger partial charge in [-0.05, 0) is 32.3 Å². The summed E-state index contributed by atoms with van der Waals surface area (Å²) in [5, 5.41) is 3.36. The SMILES string of the molecule is C/C=C(\C)C1=CCCCN1. The van der Waals surface area contributed by atoms with Crippen LogP contribution in [0, 0.1) is 0 Å². The van der Waals surface area contributed by atoms with Crippen molar-refractivity contribution in [1.82, 2.24) is 5.32 Å². The summed E-state index contributed by atoms with van der Waals surface area (Å²) in [4.78, 5) is 0. The van der Waals surface area contributed by atoms with Crippen molar-refractivity contribution in [1.29, 1.82) is 0 Å². The minimum Gasteiger partial charge on any atom is -0.385 e. The van der Waals surface area contributed by atoms with E-state index in [1.807, 2.05) is 0 Å². The minimum absolute atomic E-state index is 1.14. The van der Waals surface area contributed by atoms with Crippen molar-refractivity contribution in [2.45, 2.75) is 26.7 Å². The first-order valence-corrected chi connectivity index (χ1v) is 3.92. The first-order chi connectivity index (χ1) is 4.84. The molecule has 1 heteroatoms. The fraction of sp³-hybridized carbons (Fsp3) is 0.556. The Morgan fingerprint density at radius 3 is 3.00 bits per heavy atom. The topological polar surface area (TPSA) is 12.0 Å². The second-order valence-corrected chi connectivity index (χ2v) is 2.66. The highest BCUT2D eigenvalue weighted by Crippen LogP contribution is 2.11.